The van der Waals surface area contributed by atoms with E-state index in [2.05, 4.69) is 6.92 Å². The largest absolute Gasteiger partial charge is 0.394 e. The molecule has 0 aliphatic heterocycles. The highest BCUT2D eigenvalue weighted by atomic mass is 16.9. The zero-order valence-corrected chi connectivity index (χ0v) is 16.6. The molecule has 0 atom stereocenters. The average molecular weight is 362 g/mol. The maximum atomic E-state index is 8.78. The van der Waals surface area contributed by atoms with Crippen LogP contribution in [0.4, 0.5) is 0 Å². The van der Waals surface area contributed by atoms with Gasteiger partial charge in [-0.3, -0.25) is 9.68 Å². The minimum absolute atomic E-state index is 0.0300. The number of nitrogens with zero attached hydrogens (tertiary/aromatic N) is 1. The molecule has 0 bridgehead atoms. The van der Waals surface area contributed by atoms with Crippen LogP contribution in [0.15, 0.2) is 0 Å². The Morgan fingerprint density at radius 2 is 0.920 bits per heavy atom. The minimum atomic E-state index is -0.0300. The van der Waals surface area contributed by atoms with Crippen LogP contribution in [0, 0.1) is 0 Å². The van der Waals surface area contributed by atoms with Crippen molar-refractivity contribution in [3.8, 4) is 0 Å². The quantitative estimate of drug-likeness (QED) is 0.231. The lowest BCUT2D eigenvalue weighted by atomic mass is 10.0. The van der Waals surface area contributed by atoms with Crippen LogP contribution in [0.3, 0.4) is 0 Å². The molecule has 0 rings (SSSR count). The van der Waals surface area contributed by atoms with Crippen LogP contribution in [-0.4, -0.2) is 48.4 Å². The smallest absolute Gasteiger partial charge is 0.0942 e. The Bertz CT molecular complexity index is 234. The number of aliphatic hydroxyl groups is 2. The third kappa shape index (κ3) is 20.0. The lowest BCUT2D eigenvalue weighted by Crippen LogP contribution is -2.28. The Labute approximate surface area is 155 Å². The second kappa shape index (κ2) is 21.8. The second-order valence-corrected chi connectivity index (χ2v) is 6.77. The van der Waals surface area contributed by atoms with Crippen LogP contribution < -0.4 is 0 Å². The maximum Gasteiger partial charge on any atom is 0.0942 e. The van der Waals surface area contributed by atoms with Gasteiger partial charge in [-0.1, -0.05) is 95.6 Å². The molecule has 25 heavy (non-hydrogen) atoms. The highest BCUT2D eigenvalue weighted by molar-refractivity contribution is 4.49. The molecule has 2 N–H and O–H groups in total. The Morgan fingerprint density at radius 1 is 0.560 bits per heavy atom. The third-order valence-corrected chi connectivity index (χ3v) is 4.35. The number of hydrogen-bond acceptors (Lipinski definition) is 5. The van der Waals surface area contributed by atoms with E-state index in [1.165, 1.54) is 88.7 Å². The number of hydroxylamine groups is 2. The van der Waals surface area contributed by atoms with Crippen molar-refractivity contribution >= 4 is 0 Å². The zero-order valence-electron chi connectivity index (χ0n) is 16.6. The van der Waals surface area contributed by atoms with Crippen molar-refractivity contribution in [2.24, 2.45) is 0 Å². The molecule has 0 aromatic carbocycles. The summed E-state index contributed by atoms with van der Waals surface area (Å²) in [6, 6.07) is 0. The lowest BCUT2D eigenvalue weighted by molar-refractivity contribution is -0.371. The zero-order chi connectivity index (χ0) is 18.4. The SMILES string of the molecule is CCCCCCCCCCCCCCCCN(OCCO)OCCO. The summed E-state index contributed by atoms with van der Waals surface area (Å²) >= 11 is 0. The average Bonchev–Trinajstić information content (AvgIpc) is 2.63. The monoisotopic (exact) mass is 361 g/mol. The molecule has 0 fully saturated rings. The Kier molecular flexibility index (Phi) is 21.7. The summed E-state index contributed by atoms with van der Waals surface area (Å²) in [5, 5.41) is 19.0. The predicted octanol–water partition coefficient (Wildman–Crippen LogP) is 4.62. The van der Waals surface area contributed by atoms with Gasteiger partial charge in [0.25, 0.3) is 0 Å². The molecule has 0 saturated carbocycles. The molecule has 0 spiro atoms. The van der Waals surface area contributed by atoms with Crippen LogP contribution in [0.1, 0.15) is 96.8 Å². The first kappa shape index (κ1) is 24.8. The normalized spacial score (nSPS) is 11.5. The van der Waals surface area contributed by atoms with Crippen molar-refractivity contribution in [3.63, 3.8) is 0 Å². The van der Waals surface area contributed by atoms with Crippen molar-refractivity contribution in [1.82, 2.24) is 5.23 Å². The molecule has 0 unspecified atom stereocenters. The molecule has 0 aromatic heterocycles. The van der Waals surface area contributed by atoms with E-state index in [0.717, 1.165) is 6.42 Å². The minimum Gasteiger partial charge on any atom is -0.394 e. The van der Waals surface area contributed by atoms with Crippen molar-refractivity contribution in [3.05, 3.63) is 0 Å². The fourth-order valence-electron chi connectivity index (χ4n) is 2.89. The van der Waals surface area contributed by atoms with Gasteiger partial charge in [-0.15, -0.1) is 0 Å². The fraction of sp³-hybridized carbons (Fsp3) is 1.00. The molecule has 5 heteroatoms. The lowest BCUT2D eigenvalue weighted by Gasteiger charge is -2.20. The van der Waals surface area contributed by atoms with Crippen LogP contribution in [0.25, 0.3) is 0 Å². The van der Waals surface area contributed by atoms with Crippen molar-refractivity contribution in [1.29, 1.82) is 0 Å². The van der Waals surface area contributed by atoms with Crippen molar-refractivity contribution < 1.29 is 19.9 Å². The number of aliphatic hydroxyl groups excluding tert-OH is 2. The molecule has 0 aliphatic carbocycles. The van der Waals surface area contributed by atoms with Gasteiger partial charge in [0.1, 0.15) is 0 Å². The summed E-state index contributed by atoms with van der Waals surface area (Å²) in [6.07, 6.45) is 18.7. The van der Waals surface area contributed by atoms with E-state index in [-0.39, 0.29) is 26.4 Å². The van der Waals surface area contributed by atoms with E-state index in [4.69, 9.17) is 19.9 Å². The predicted molar refractivity (Wildman–Crippen MR) is 103 cm³/mol. The molecule has 0 saturated heterocycles. The van der Waals surface area contributed by atoms with Gasteiger partial charge in [0.2, 0.25) is 0 Å². The van der Waals surface area contributed by atoms with Gasteiger partial charge in [-0.25, -0.2) is 0 Å². The summed E-state index contributed by atoms with van der Waals surface area (Å²) in [6.45, 7) is 3.34. The van der Waals surface area contributed by atoms with E-state index < -0.39 is 0 Å². The molecule has 0 aromatic rings. The van der Waals surface area contributed by atoms with Crippen LogP contribution >= 0.6 is 0 Å². The Hall–Kier alpha value is -0.200. The molecule has 0 radical (unpaired) electrons. The fourth-order valence-corrected chi connectivity index (χ4v) is 2.89. The summed E-state index contributed by atoms with van der Waals surface area (Å²) in [4.78, 5) is 10.5. The molecule has 0 aliphatic rings. The van der Waals surface area contributed by atoms with Gasteiger partial charge in [-0.05, 0) is 6.42 Å². The Balaban J connectivity index is 3.27. The number of hydrogen-bond donors (Lipinski definition) is 2. The van der Waals surface area contributed by atoms with Crippen LogP contribution in [-0.2, 0) is 9.68 Å². The van der Waals surface area contributed by atoms with E-state index in [0.29, 0.717) is 6.54 Å². The van der Waals surface area contributed by atoms with Crippen LogP contribution in [0.5, 0.6) is 0 Å². The molecular formula is C20H43NO4. The molecule has 0 amide bonds. The first-order chi connectivity index (χ1) is 12.3. The first-order valence-corrected chi connectivity index (χ1v) is 10.6. The van der Waals surface area contributed by atoms with Gasteiger partial charge in [0, 0.05) is 0 Å². The van der Waals surface area contributed by atoms with Gasteiger partial charge in [0.05, 0.1) is 33.0 Å². The van der Waals surface area contributed by atoms with E-state index in [9.17, 15) is 0 Å². The molecule has 152 valence electrons. The van der Waals surface area contributed by atoms with E-state index in [1.54, 1.807) is 0 Å². The molecular weight excluding hydrogens is 318 g/mol. The van der Waals surface area contributed by atoms with E-state index in [1.807, 2.05) is 0 Å². The van der Waals surface area contributed by atoms with Gasteiger partial charge in [-0.2, -0.15) is 0 Å². The standard InChI is InChI=1S/C20H43NO4/c1-2-3-4-5-6-7-8-9-10-11-12-13-14-15-16-21(24-19-17-22)25-20-18-23/h22-23H,2-20H2,1H3. The van der Waals surface area contributed by atoms with Gasteiger partial charge >= 0.3 is 0 Å². The molecule has 0 heterocycles. The Morgan fingerprint density at radius 3 is 1.28 bits per heavy atom. The number of rotatable bonds is 21. The van der Waals surface area contributed by atoms with E-state index >= 15 is 0 Å². The highest BCUT2D eigenvalue weighted by Crippen LogP contribution is 2.13. The topological polar surface area (TPSA) is 62.2 Å². The molecule has 5 nitrogen and oxygen atoms in total. The highest BCUT2D eigenvalue weighted by Gasteiger charge is 2.05. The summed E-state index contributed by atoms with van der Waals surface area (Å²) < 4.78 is 0. The van der Waals surface area contributed by atoms with Crippen molar-refractivity contribution in [2.75, 3.05) is 33.0 Å². The number of unbranched alkanes of at least 4 members (excludes halogenated alkanes) is 13. The van der Waals surface area contributed by atoms with Gasteiger partial charge < -0.3 is 10.2 Å². The van der Waals surface area contributed by atoms with Crippen LogP contribution in [0.2, 0.25) is 0 Å². The summed E-state index contributed by atoms with van der Waals surface area (Å²) in [5.41, 5.74) is 0. The first-order valence-electron chi connectivity index (χ1n) is 10.6. The third-order valence-electron chi connectivity index (χ3n) is 4.35. The summed E-state index contributed by atoms with van der Waals surface area (Å²) in [7, 11) is 0. The summed E-state index contributed by atoms with van der Waals surface area (Å²) in [5.74, 6) is 0. The van der Waals surface area contributed by atoms with Crippen molar-refractivity contribution in [2.45, 2.75) is 96.8 Å². The second-order valence-electron chi connectivity index (χ2n) is 6.77. The maximum absolute atomic E-state index is 8.78. The van der Waals surface area contributed by atoms with Gasteiger partial charge in [0.15, 0.2) is 0 Å².